The van der Waals surface area contributed by atoms with Gasteiger partial charge in [0.2, 0.25) is 5.66 Å². The minimum absolute atomic E-state index is 0.166. The van der Waals surface area contributed by atoms with E-state index in [-0.39, 0.29) is 11.8 Å². The average Bonchev–Trinajstić information content (AvgIpc) is 3.15. The molecule has 2 aliphatic rings. The largest absolute Gasteiger partial charge is 0.350 e. The Morgan fingerprint density at radius 3 is 2.22 bits per heavy atom. The molecule has 0 aromatic heterocycles. The van der Waals surface area contributed by atoms with Crippen LogP contribution < -0.4 is 10.2 Å². The van der Waals surface area contributed by atoms with Gasteiger partial charge in [-0.2, -0.15) is 0 Å². The molecule has 0 aliphatic carbocycles. The summed E-state index contributed by atoms with van der Waals surface area (Å²) in [5.41, 5.74) is 3.50. The highest BCUT2D eigenvalue weighted by atomic mass is 16.2. The van der Waals surface area contributed by atoms with Crippen LogP contribution in [-0.2, 0) is 17.0 Å². The van der Waals surface area contributed by atoms with Crippen molar-refractivity contribution in [3.8, 4) is 0 Å². The van der Waals surface area contributed by atoms with Crippen LogP contribution in [0.4, 0.5) is 11.4 Å². The Morgan fingerprint density at radius 2 is 1.42 bits per heavy atom. The molecule has 2 aliphatic heterocycles. The zero-order valence-electron chi connectivity index (χ0n) is 19.7. The van der Waals surface area contributed by atoms with Crippen molar-refractivity contribution in [3.63, 3.8) is 0 Å². The lowest BCUT2D eigenvalue weighted by Crippen LogP contribution is -2.62. The van der Waals surface area contributed by atoms with Crippen molar-refractivity contribution in [2.75, 3.05) is 16.8 Å². The lowest BCUT2D eigenvalue weighted by atomic mass is 9.92. The fourth-order valence-electron chi connectivity index (χ4n) is 5.15. The molecule has 0 fully saturated rings. The first-order valence-electron chi connectivity index (χ1n) is 12.0. The van der Waals surface area contributed by atoms with Crippen molar-refractivity contribution in [2.24, 2.45) is 0 Å². The van der Waals surface area contributed by atoms with Gasteiger partial charge in [0.25, 0.3) is 11.8 Å². The van der Waals surface area contributed by atoms with Gasteiger partial charge in [0.05, 0.1) is 11.3 Å². The van der Waals surface area contributed by atoms with Crippen molar-refractivity contribution in [2.45, 2.75) is 12.2 Å². The maximum Gasteiger partial charge on any atom is 0.279 e. The Kier molecular flexibility index (Phi) is 5.38. The van der Waals surface area contributed by atoms with E-state index in [9.17, 15) is 9.59 Å². The number of amides is 2. The summed E-state index contributed by atoms with van der Waals surface area (Å²) < 4.78 is 0. The van der Waals surface area contributed by atoms with E-state index in [4.69, 9.17) is 0 Å². The summed E-state index contributed by atoms with van der Waals surface area (Å²) in [6.07, 6.45) is 4.00. The Balaban J connectivity index is 1.46. The van der Waals surface area contributed by atoms with E-state index >= 15 is 0 Å². The van der Waals surface area contributed by atoms with Crippen molar-refractivity contribution in [1.82, 2.24) is 4.90 Å². The van der Waals surface area contributed by atoms with Crippen LogP contribution in [0.5, 0.6) is 0 Å². The van der Waals surface area contributed by atoms with Gasteiger partial charge in [0.15, 0.2) is 0 Å². The number of rotatable bonds is 5. The van der Waals surface area contributed by atoms with Gasteiger partial charge >= 0.3 is 0 Å². The third-order valence-corrected chi connectivity index (χ3v) is 6.84. The van der Waals surface area contributed by atoms with Gasteiger partial charge in [-0.25, -0.2) is 0 Å². The van der Waals surface area contributed by atoms with Gasteiger partial charge in [-0.1, -0.05) is 103 Å². The summed E-state index contributed by atoms with van der Waals surface area (Å²) in [6, 6.07) is 34.9. The maximum absolute atomic E-state index is 14.4. The van der Waals surface area contributed by atoms with Crippen molar-refractivity contribution >= 4 is 29.3 Å². The summed E-state index contributed by atoms with van der Waals surface area (Å²) in [5.74, 6) is -0.335. The second-order valence-electron chi connectivity index (χ2n) is 9.00. The van der Waals surface area contributed by atoms with Crippen LogP contribution in [-0.4, -0.2) is 23.3 Å². The highest BCUT2D eigenvalue weighted by Crippen LogP contribution is 2.48. The number of hydrogen-bond acceptors (Lipinski definition) is 3. The molecule has 4 aromatic carbocycles. The van der Waals surface area contributed by atoms with Gasteiger partial charge in [-0.3, -0.25) is 14.5 Å². The molecular weight excluding hydrogens is 446 g/mol. The molecular formula is C31H25N3O2. The average molecular weight is 472 g/mol. The lowest BCUT2D eigenvalue weighted by Gasteiger charge is -2.45. The van der Waals surface area contributed by atoms with Gasteiger partial charge in [-0.05, 0) is 29.3 Å². The molecule has 0 saturated heterocycles. The predicted molar refractivity (Wildman–Crippen MR) is 142 cm³/mol. The smallest absolute Gasteiger partial charge is 0.279 e. The number of para-hydroxylation sites is 2. The van der Waals surface area contributed by atoms with E-state index in [1.807, 2.05) is 115 Å². The first-order valence-corrected chi connectivity index (χ1v) is 12.0. The van der Waals surface area contributed by atoms with Gasteiger partial charge in [0, 0.05) is 24.3 Å². The number of fused-ring (bicyclic) bond motifs is 3. The Bertz CT molecular complexity index is 1470. The summed E-state index contributed by atoms with van der Waals surface area (Å²) in [4.78, 5) is 31.8. The lowest BCUT2D eigenvalue weighted by molar-refractivity contribution is -0.127. The molecule has 2 amide bonds. The molecule has 1 atom stereocenters. The van der Waals surface area contributed by atoms with Gasteiger partial charge < -0.3 is 10.2 Å². The number of nitrogens with zero attached hydrogens (tertiary/aromatic N) is 2. The molecule has 1 N–H and O–H groups in total. The van der Waals surface area contributed by atoms with Gasteiger partial charge in [0.1, 0.15) is 0 Å². The molecule has 4 aromatic rings. The number of benzene rings is 4. The van der Waals surface area contributed by atoms with E-state index in [1.54, 1.807) is 15.9 Å². The third kappa shape index (κ3) is 3.48. The second kappa shape index (κ2) is 8.86. The first kappa shape index (κ1) is 21.9. The molecule has 0 bridgehead atoms. The molecule has 176 valence electrons. The SMILES string of the molecule is O=C1c2ccccc2N[C@]2(C(=O)N(C/C=C\c3ccccc3)c3ccccc32)N1Cc1ccccc1. The molecule has 0 unspecified atom stereocenters. The molecule has 5 nitrogen and oxygen atoms in total. The number of anilines is 2. The van der Waals surface area contributed by atoms with Crippen molar-refractivity contribution < 1.29 is 9.59 Å². The van der Waals surface area contributed by atoms with Crippen molar-refractivity contribution in [1.29, 1.82) is 0 Å². The number of nitrogens with one attached hydrogen (secondary N) is 1. The quantitative estimate of drug-likeness (QED) is 0.408. The summed E-state index contributed by atoms with van der Waals surface area (Å²) in [7, 11) is 0. The number of hydrogen-bond donors (Lipinski definition) is 1. The van der Waals surface area contributed by atoms with Crippen LogP contribution in [0.3, 0.4) is 0 Å². The summed E-state index contributed by atoms with van der Waals surface area (Å²) >= 11 is 0. The van der Waals surface area contributed by atoms with Gasteiger partial charge in [-0.15, -0.1) is 0 Å². The normalized spacial score (nSPS) is 18.4. The minimum Gasteiger partial charge on any atom is -0.350 e. The van der Waals surface area contributed by atoms with Crippen LogP contribution in [0.15, 0.2) is 115 Å². The van der Waals surface area contributed by atoms with E-state index in [0.29, 0.717) is 24.3 Å². The minimum atomic E-state index is -1.33. The first-order chi connectivity index (χ1) is 17.7. The highest BCUT2D eigenvalue weighted by molar-refractivity contribution is 6.15. The standard InChI is InChI=1S/C31H25N3O2/c35-29-25-17-7-9-19-27(25)32-31(34(29)22-24-14-5-2-6-15-24)26-18-8-10-20-28(26)33(30(31)36)21-11-16-23-12-3-1-4-13-23/h1-20,32H,21-22H2/b16-11-/t31-/m0/s1. The molecule has 5 heteroatoms. The Morgan fingerprint density at radius 1 is 0.750 bits per heavy atom. The van der Waals surface area contributed by atoms with Crippen LogP contribution >= 0.6 is 0 Å². The molecule has 6 rings (SSSR count). The third-order valence-electron chi connectivity index (χ3n) is 6.84. The van der Waals surface area contributed by atoms with Crippen molar-refractivity contribution in [3.05, 3.63) is 138 Å². The van der Waals surface area contributed by atoms with Crippen LogP contribution in [0.25, 0.3) is 6.08 Å². The van der Waals surface area contributed by atoms with E-state index in [1.165, 1.54) is 0 Å². The molecule has 2 heterocycles. The van der Waals surface area contributed by atoms with Crippen LogP contribution in [0.2, 0.25) is 0 Å². The predicted octanol–water partition coefficient (Wildman–Crippen LogP) is 5.67. The van der Waals surface area contributed by atoms with Crippen LogP contribution in [0.1, 0.15) is 27.0 Å². The number of carbonyl (C=O) groups is 2. The highest BCUT2D eigenvalue weighted by Gasteiger charge is 2.58. The molecule has 0 radical (unpaired) electrons. The maximum atomic E-state index is 14.4. The Hall–Kier alpha value is -4.64. The molecule has 1 spiro atoms. The fourth-order valence-corrected chi connectivity index (χ4v) is 5.15. The topological polar surface area (TPSA) is 52.7 Å². The van der Waals surface area contributed by atoms with Crippen LogP contribution in [0, 0.1) is 0 Å². The monoisotopic (exact) mass is 471 g/mol. The molecule has 0 saturated carbocycles. The molecule has 36 heavy (non-hydrogen) atoms. The Labute approximate surface area is 210 Å². The number of carbonyl (C=O) groups excluding carboxylic acids is 2. The van der Waals surface area contributed by atoms with E-state index < -0.39 is 5.66 Å². The summed E-state index contributed by atoms with van der Waals surface area (Å²) in [6.45, 7) is 0.692. The zero-order chi connectivity index (χ0) is 24.5. The fraction of sp³-hybridized carbons (Fsp3) is 0.0968. The zero-order valence-corrected chi connectivity index (χ0v) is 19.7. The van der Waals surface area contributed by atoms with E-state index in [2.05, 4.69) is 5.32 Å². The summed E-state index contributed by atoms with van der Waals surface area (Å²) in [5, 5.41) is 3.51. The van der Waals surface area contributed by atoms with E-state index in [0.717, 1.165) is 22.4 Å². The second-order valence-corrected chi connectivity index (χ2v) is 9.00.